The molecule has 4 heterocycles. The molecule has 0 saturated carbocycles. The summed E-state index contributed by atoms with van der Waals surface area (Å²) in [5.74, 6) is 1.14. The molecule has 0 fully saturated rings. The molecule has 0 saturated heterocycles. The number of rotatable bonds is 6. The summed E-state index contributed by atoms with van der Waals surface area (Å²) >= 11 is 1.76. The van der Waals surface area contributed by atoms with Crippen molar-refractivity contribution in [2.45, 2.75) is 39.3 Å². The maximum atomic E-state index is 5.88. The van der Waals surface area contributed by atoms with E-state index in [9.17, 15) is 0 Å². The first-order chi connectivity index (χ1) is 12.3. The molecular formula is C19H22N4OS. The molecular weight excluding hydrogens is 332 g/mol. The van der Waals surface area contributed by atoms with Gasteiger partial charge in [-0.05, 0) is 47.0 Å². The lowest BCUT2D eigenvalue weighted by Crippen LogP contribution is -2.37. The van der Waals surface area contributed by atoms with E-state index >= 15 is 0 Å². The van der Waals surface area contributed by atoms with E-state index in [0.717, 1.165) is 36.7 Å². The van der Waals surface area contributed by atoms with E-state index in [-0.39, 0.29) is 0 Å². The van der Waals surface area contributed by atoms with Crippen molar-refractivity contribution in [3.8, 4) is 0 Å². The number of thiophene rings is 1. The van der Waals surface area contributed by atoms with Gasteiger partial charge in [-0.1, -0.05) is 0 Å². The molecule has 3 aromatic rings. The summed E-state index contributed by atoms with van der Waals surface area (Å²) in [6.07, 6.45) is 5.55. The molecule has 1 aliphatic heterocycles. The molecule has 3 aromatic heterocycles. The summed E-state index contributed by atoms with van der Waals surface area (Å²) < 4.78 is 8.20. The van der Waals surface area contributed by atoms with Gasteiger partial charge in [0.05, 0.1) is 31.1 Å². The van der Waals surface area contributed by atoms with Crippen LogP contribution in [0.4, 0.5) is 0 Å². The normalized spacial score (nSPS) is 17.6. The monoisotopic (exact) mass is 354 g/mol. The average molecular weight is 354 g/mol. The standard InChI is InChI=1S/C19H22N4OS/c1-15-19-21-10-18(13-24-12-16-2-5-20-6-3-16)23(19)8-7-22(15)11-17-4-9-25-14-17/h2-6,9-10,14-15H,7-8,11-13H2,1H3/t15-/m1/s1. The third-order valence-electron chi connectivity index (χ3n) is 4.74. The predicted molar refractivity (Wildman–Crippen MR) is 98.1 cm³/mol. The number of nitrogens with zero attached hydrogens (tertiary/aromatic N) is 4. The Morgan fingerprint density at radius 2 is 2.04 bits per heavy atom. The van der Waals surface area contributed by atoms with Gasteiger partial charge in [-0.25, -0.2) is 4.98 Å². The molecule has 0 bridgehead atoms. The Bertz CT molecular complexity index is 800. The molecule has 0 radical (unpaired) electrons. The van der Waals surface area contributed by atoms with E-state index in [1.54, 1.807) is 23.7 Å². The Morgan fingerprint density at radius 3 is 2.84 bits per heavy atom. The summed E-state index contributed by atoms with van der Waals surface area (Å²) in [5, 5.41) is 4.37. The van der Waals surface area contributed by atoms with Gasteiger partial charge in [-0.15, -0.1) is 0 Å². The minimum absolute atomic E-state index is 0.322. The van der Waals surface area contributed by atoms with Crippen LogP contribution in [0, 0.1) is 0 Å². The maximum Gasteiger partial charge on any atom is 0.126 e. The molecule has 0 amide bonds. The minimum Gasteiger partial charge on any atom is -0.370 e. The Kier molecular flexibility index (Phi) is 4.92. The fourth-order valence-electron chi connectivity index (χ4n) is 3.30. The van der Waals surface area contributed by atoms with E-state index < -0.39 is 0 Å². The zero-order valence-corrected chi connectivity index (χ0v) is 15.2. The predicted octanol–water partition coefficient (Wildman–Crippen LogP) is 3.63. The molecule has 0 N–H and O–H groups in total. The van der Waals surface area contributed by atoms with Gasteiger partial charge in [-0.3, -0.25) is 9.88 Å². The van der Waals surface area contributed by atoms with Crippen LogP contribution in [0.15, 0.2) is 47.5 Å². The molecule has 6 heteroatoms. The number of ether oxygens (including phenoxy) is 1. The largest absolute Gasteiger partial charge is 0.370 e. The third-order valence-corrected chi connectivity index (χ3v) is 5.47. The number of aromatic nitrogens is 3. The Morgan fingerprint density at radius 1 is 1.16 bits per heavy atom. The molecule has 0 aromatic carbocycles. The van der Waals surface area contributed by atoms with Gasteiger partial charge in [0, 0.05) is 32.0 Å². The third kappa shape index (κ3) is 3.66. The molecule has 1 aliphatic rings. The highest BCUT2D eigenvalue weighted by molar-refractivity contribution is 7.07. The van der Waals surface area contributed by atoms with Crippen LogP contribution in [-0.4, -0.2) is 26.0 Å². The minimum atomic E-state index is 0.322. The van der Waals surface area contributed by atoms with Crippen molar-refractivity contribution in [2.75, 3.05) is 6.54 Å². The highest BCUT2D eigenvalue weighted by Gasteiger charge is 2.27. The highest BCUT2D eigenvalue weighted by Crippen LogP contribution is 2.27. The van der Waals surface area contributed by atoms with Crippen molar-refractivity contribution < 1.29 is 4.74 Å². The van der Waals surface area contributed by atoms with Crippen molar-refractivity contribution in [2.24, 2.45) is 0 Å². The van der Waals surface area contributed by atoms with Gasteiger partial charge in [0.25, 0.3) is 0 Å². The molecule has 4 rings (SSSR count). The summed E-state index contributed by atoms with van der Waals surface area (Å²) in [6, 6.07) is 6.49. The van der Waals surface area contributed by atoms with E-state index in [1.807, 2.05) is 18.3 Å². The molecule has 25 heavy (non-hydrogen) atoms. The maximum absolute atomic E-state index is 5.88. The lowest BCUT2D eigenvalue weighted by molar-refractivity contribution is 0.0970. The number of fused-ring (bicyclic) bond motifs is 1. The average Bonchev–Trinajstić information content (AvgIpc) is 3.29. The molecule has 5 nitrogen and oxygen atoms in total. The zero-order valence-electron chi connectivity index (χ0n) is 14.3. The molecule has 0 aliphatic carbocycles. The van der Waals surface area contributed by atoms with Crippen molar-refractivity contribution in [1.29, 1.82) is 0 Å². The van der Waals surface area contributed by atoms with Gasteiger partial charge >= 0.3 is 0 Å². The molecule has 130 valence electrons. The van der Waals surface area contributed by atoms with Gasteiger partial charge in [-0.2, -0.15) is 11.3 Å². The van der Waals surface area contributed by atoms with Crippen LogP contribution >= 0.6 is 11.3 Å². The van der Waals surface area contributed by atoms with E-state index in [4.69, 9.17) is 4.74 Å². The molecule has 0 unspecified atom stereocenters. The summed E-state index contributed by atoms with van der Waals surface area (Å²) in [7, 11) is 0. The second-order valence-corrected chi connectivity index (χ2v) is 7.17. The van der Waals surface area contributed by atoms with Crippen LogP contribution in [-0.2, 0) is 31.0 Å². The number of pyridine rings is 1. The SMILES string of the molecule is C[C@@H]1c2ncc(COCc3ccncc3)n2CCN1Cc1ccsc1. The van der Waals surface area contributed by atoms with Crippen molar-refractivity contribution in [3.05, 3.63) is 70.2 Å². The Labute approximate surface area is 151 Å². The fraction of sp³-hybridized carbons (Fsp3) is 0.368. The van der Waals surface area contributed by atoms with Crippen molar-refractivity contribution >= 4 is 11.3 Å². The second-order valence-electron chi connectivity index (χ2n) is 6.39. The first kappa shape index (κ1) is 16.4. The summed E-state index contributed by atoms with van der Waals surface area (Å²) in [5.41, 5.74) is 3.69. The summed E-state index contributed by atoms with van der Waals surface area (Å²) in [4.78, 5) is 11.2. The van der Waals surface area contributed by atoms with Gasteiger partial charge < -0.3 is 9.30 Å². The second kappa shape index (κ2) is 7.47. The topological polar surface area (TPSA) is 43.2 Å². The van der Waals surface area contributed by atoms with E-state index in [2.05, 4.69) is 43.2 Å². The summed E-state index contributed by atoms with van der Waals surface area (Å²) in [6.45, 7) is 6.43. The van der Waals surface area contributed by atoms with E-state index in [1.165, 1.54) is 5.56 Å². The van der Waals surface area contributed by atoms with Crippen molar-refractivity contribution in [3.63, 3.8) is 0 Å². The smallest absolute Gasteiger partial charge is 0.126 e. The van der Waals surface area contributed by atoms with Crippen LogP contribution < -0.4 is 0 Å². The first-order valence-electron chi connectivity index (χ1n) is 8.57. The van der Waals surface area contributed by atoms with Gasteiger partial charge in [0.1, 0.15) is 5.82 Å². The highest BCUT2D eigenvalue weighted by atomic mass is 32.1. The zero-order chi connectivity index (χ0) is 17.1. The lowest BCUT2D eigenvalue weighted by Gasteiger charge is -2.34. The lowest BCUT2D eigenvalue weighted by atomic mass is 10.2. The quantitative estimate of drug-likeness (QED) is 0.678. The van der Waals surface area contributed by atoms with Gasteiger partial charge in [0.15, 0.2) is 0 Å². The number of hydrogen-bond acceptors (Lipinski definition) is 5. The van der Waals surface area contributed by atoms with E-state index in [0.29, 0.717) is 19.3 Å². The van der Waals surface area contributed by atoms with Crippen molar-refractivity contribution in [1.82, 2.24) is 19.4 Å². The van der Waals surface area contributed by atoms with Crippen LogP contribution in [0.25, 0.3) is 0 Å². The Balaban J connectivity index is 1.39. The number of imidazole rings is 1. The molecule has 1 atom stereocenters. The van der Waals surface area contributed by atoms with Gasteiger partial charge in [0.2, 0.25) is 0 Å². The first-order valence-corrected chi connectivity index (χ1v) is 9.51. The van der Waals surface area contributed by atoms with Crippen LogP contribution in [0.3, 0.4) is 0 Å². The molecule has 0 spiro atoms. The van der Waals surface area contributed by atoms with Crippen LogP contribution in [0.2, 0.25) is 0 Å². The van der Waals surface area contributed by atoms with Crippen LogP contribution in [0.1, 0.15) is 35.6 Å². The number of hydrogen-bond donors (Lipinski definition) is 0. The Hall–Kier alpha value is -2.02. The van der Waals surface area contributed by atoms with Crippen LogP contribution in [0.5, 0.6) is 0 Å². The fourth-order valence-corrected chi connectivity index (χ4v) is 3.96.